The minimum absolute atomic E-state index is 0.152. The summed E-state index contributed by atoms with van der Waals surface area (Å²) in [5.74, 6) is 1.44. The summed E-state index contributed by atoms with van der Waals surface area (Å²) < 4.78 is 0. The van der Waals surface area contributed by atoms with Gasteiger partial charge in [0.15, 0.2) is 0 Å². The van der Waals surface area contributed by atoms with Crippen LogP contribution in [-0.2, 0) is 4.79 Å². The summed E-state index contributed by atoms with van der Waals surface area (Å²) in [5.41, 5.74) is -0.152. The van der Waals surface area contributed by atoms with Gasteiger partial charge in [0.25, 0.3) is 0 Å². The molecule has 2 N–H and O–H groups in total. The Labute approximate surface area is 98.4 Å². The van der Waals surface area contributed by atoms with Crippen LogP contribution in [0.2, 0.25) is 0 Å². The van der Waals surface area contributed by atoms with Crippen LogP contribution in [0.3, 0.4) is 0 Å². The molecule has 3 atom stereocenters. The molecule has 16 heavy (non-hydrogen) atoms. The first-order chi connectivity index (χ1) is 7.60. The van der Waals surface area contributed by atoms with Crippen LogP contribution in [0, 0.1) is 17.3 Å². The van der Waals surface area contributed by atoms with Gasteiger partial charge in [-0.15, -0.1) is 0 Å². The molecule has 92 valence electrons. The molecule has 1 saturated heterocycles. The molecule has 3 heteroatoms. The van der Waals surface area contributed by atoms with Crippen LogP contribution < -0.4 is 10.6 Å². The lowest BCUT2D eigenvalue weighted by Gasteiger charge is -2.31. The van der Waals surface area contributed by atoms with E-state index in [4.69, 9.17) is 0 Å². The molecule has 0 radical (unpaired) electrons. The third-order valence-electron chi connectivity index (χ3n) is 4.51. The summed E-state index contributed by atoms with van der Waals surface area (Å²) in [7, 11) is 0. The van der Waals surface area contributed by atoms with E-state index in [1.54, 1.807) is 0 Å². The smallest absolute Gasteiger partial charge is 0.228 e. The van der Waals surface area contributed by atoms with E-state index in [0.717, 1.165) is 25.4 Å². The average molecular weight is 224 g/mol. The first kappa shape index (κ1) is 11.9. The molecule has 1 aliphatic heterocycles. The van der Waals surface area contributed by atoms with E-state index in [0.29, 0.717) is 12.0 Å². The highest BCUT2D eigenvalue weighted by Crippen LogP contribution is 2.38. The first-order valence-electron chi connectivity index (χ1n) is 6.62. The Balaban J connectivity index is 1.96. The fourth-order valence-corrected chi connectivity index (χ4v) is 2.85. The number of carbonyl (C=O) groups is 1. The monoisotopic (exact) mass is 224 g/mol. The first-order valence-corrected chi connectivity index (χ1v) is 6.62. The van der Waals surface area contributed by atoms with Gasteiger partial charge in [0, 0.05) is 12.6 Å². The molecule has 2 aliphatic rings. The van der Waals surface area contributed by atoms with Crippen molar-refractivity contribution >= 4 is 5.91 Å². The Kier molecular flexibility index (Phi) is 3.24. The minimum Gasteiger partial charge on any atom is -0.353 e. The average Bonchev–Trinajstić information content (AvgIpc) is 2.80. The Morgan fingerprint density at radius 2 is 2.31 bits per heavy atom. The second-order valence-electron chi connectivity index (χ2n) is 5.72. The molecule has 3 nitrogen and oxygen atoms in total. The molecule has 0 aromatic rings. The van der Waals surface area contributed by atoms with Crippen molar-refractivity contribution in [3.63, 3.8) is 0 Å². The minimum atomic E-state index is -0.152. The molecule has 0 aromatic heterocycles. The number of rotatable bonds is 4. The largest absolute Gasteiger partial charge is 0.353 e. The van der Waals surface area contributed by atoms with Gasteiger partial charge in [0.1, 0.15) is 0 Å². The third kappa shape index (κ3) is 1.97. The molecule has 0 spiro atoms. The molecule has 2 rings (SSSR count). The summed E-state index contributed by atoms with van der Waals surface area (Å²) in [6.45, 7) is 8.35. The topological polar surface area (TPSA) is 41.1 Å². The zero-order valence-corrected chi connectivity index (χ0v) is 10.7. The van der Waals surface area contributed by atoms with E-state index in [9.17, 15) is 4.79 Å². The van der Waals surface area contributed by atoms with E-state index >= 15 is 0 Å². The summed E-state index contributed by atoms with van der Waals surface area (Å²) in [5, 5.41) is 6.57. The van der Waals surface area contributed by atoms with Gasteiger partial charge < -0.3 is 10.6 Å². The maximum Gasteiger partial charge on any atom is 0.228 e. The molecule has 1 aliphatic carbocycles. The molecule has 0 aromatic carbocycles. The fraction of sp³-hybridized carbons (Fsp3) is 0.923. The lowest BCUT2D eigenvalue weighted by molar-refractivity contribution is -0.132. The van der Waals surface area contributed by atoms with Crippen LogP contribution in [0.1, 0.15) is 40.0 Å². The molecule has 1 saturated carbocycles. The second-order valence-corrected chi connectivity index (χ2v) is 5.72. The highest BCUT2D eigenvalue weighted by atomic mass is 16.2. The Hall–Kier alpha value is -0.570. The van der Waals surface area contributed by atoms with Crippen LogP contribution in [0.25, 0.3) is 0 Å². The third-order valence-corrected chi connectivity index (χ3v) is 4.51. The maximum atomic E-state index is 12.4. The summed E-state index contributed by atoms with van der Waals surface area (Å²) in [6, 6.07) is 0.466. The van der Waals surface area contributed by atoms with Gasteiger partial charge in [-0.25, -0.2) is 0 Å². The van der Waals surface area contributed by atoms with Gasteiger partial charge in [-0.3, -0.25) is 4.79 Å². The van der Waals surface area contributed by atoms with Crippen LogP contribution in [0.4, 0.5) is 0 Å². The second kappa shape index (κ2) is 4.36. The van der Waals surface area contributed by atoms with Crippen molar-refractivity contribution < 1.29 is 4.79 Å². The van der Waals surface area contributed by atoms with Crippen molar-refractivity contribution in [2.24, 2.45) is 17.3 Å². The van der Waals surface area contributed by atoms with Gasteiger partial charge in [-0.2, -0.15) is 0 Å². The molecular weight excluding hydrogens is 200 g/mol. The maximum absolute atomic E-state index is 12.4. The molecule has 2 fully saturated rings. The van der Waals surface area contributed by atoms with Crippen molar-refractivity contribution in [1.29, 1.82) is 0 Å². The van der Waals surface area contributed by atoms with Crippen LogP contribution in [-0.4, -0.2) is 25.0 Å². The molecular formula is C13H24N2O. The Bertz CT molecular complexity index is 269. The van der Waals surface area contributed by atoms with Crippen LogP contribution in [0.5, 0.6) is 0 Å². The predicted octanol–water partition coefficient (Wildman–Crippen LogP) is 1.54. The molecule has 3 unspecified atom stereocenters. The molecule has 0 bridgehead atoms. The number of hydrogen-bond acceptors (Lipinski definition) is 2. The highest BCUT2D eigenvalue weighted by Gasteiger charge is 2.47. The number of nitrogens with one attached hydrogen (secondary N) is 2. The normalized spacial score (nSPS) is 37.8. The zero-order valence-electron chi connectivity index (χ0n) is 10.7. The molecule has 1 amide bonds. The fourth-order valence-electron chi connectivity index (χ4n) is 2.85. The van der Waals surface area contributed by atoms with Crippen LogP contribution >= 0.6 is 0 Å². The quantitative estimate of drug-likeness (QED) is 0.760. The van der Waals surface area contributed by atoms with Gasteiger partial charge in [0.2, 0.25) is 5.91 Å². The van der Waals surface area contributed by atoms with Gasteiger partial charge in [0.05, 0.1) is 5.41 Å². The number of amides is 1. The van der Waals surface area contributed by atoms with Gasteiger partial charge in [-0.05, 0) is 31.2 Å². The SMILES string of the molecule is CCC1CC1NC(=O)C1(C(C)C)CCNC1. The van der Waals surface area contributed by atoms with Crippen molar-refractivity contribution in [2.75, 3.05) is 13.1 Å². The highest BCUT2D eigenvalue weighted by molar-refractivity contribution is 5.84. The summed E-state index contributed by atoms with van der Waals surface area (Å²) in [4.78, 5) is 12.4. The van der Waals surface area contributed by atoms with E-state index in [1.165, 1.54) is 12.8 Å². The van der Waals surface area contributed by atoms with Gasteiger partial charge in [-0.1, -0.05) is 27.2 Å². The molecule has 1 heterocycles. The standard InChI is InChI=1S/C13H24N2O/c1-4-10-7-11(10)15-12(16)13(9(2)3)5-6-14-8-13/h9-11,14H,4-8H2,1-3H3,(H,15,16). The lowest BCUT2D eigenvalue weighted by atomic mass is 9.75. The summed E-state index contributed by atoms with van der Waals surface area (Å²) in [6.07, 6.45) is 3.36. The van der Waals surface area contributed by atoms with Crippen LogP contribution in [0.15, 0.2) is 0 Å². The van der Waals surface area contributed by atoms with Crippen molar-refractivity contribution in [3.05, 3.63) is 0 Å². The summed E-state index contributed by atoms with van der Waals surface area (Å²) >= 11 is 0. The zero-order chi connectivity index (χ0) is 11.8. The van der Waals surface area contributed by atoms with E-state index in [-0.39, 0.29) is 11.3 Å². The van der Waals surface area contributed by atoms with Crippen molar-refractivity contribution in [1.82, 2.24) is 10.6 Å². The number of hydrogen-bond donors (Lipinski definition) is 2. The Morgan fingerprint density at radius 1 is 1.56 bits per heavy atom. The van der Waals surface area contributed by atoms with Gasteiger partial charge >= 0.3 is 0 Å². The van der Waals surface area contributed by atoms with Crippen molar-refractivity contribution in [3.8, 4) is 0 Å². The predicted molar refractivity (Wildman–Crippen MR) is 65.1 cm³/mol. The van der Waals surface area contributed by atoms with E-state index in [2.05, 4.69) is 31.4 Å². The Morgan fingerprint density at radius 3 is 2.75 bits per heavy atom. The lowest BCUT2D eigenvalue weighted by Crippen LogP contribution is -2.47. The van der Waals surface area contributed by atoms with Crippen molar-refractivity contribution in [2.45, 2.75) is 46.1 Å². The number of carbonyl (C=O) groups excluding carboxylic acids is 1. The van der Waals surface area contributed by atoms with E-state index in [1.807, 2.05) is 0 Å². The van der Waals surface area contributed by atoms with E-state index < -0.39 is 0 Å².